The van der Waals surface area contributed by atoms with Crippen LogP contribution in [0.2, 0.25) is 0 Å². The van der Waals surface area contributed by atoms with Crippen molar-refractivity contribution < 1.29 is 0 Å². The lowest BCUT2D eigenvalue weighted by molar-refractivity contribution is 0.786. The molecule has 0 saturated carbocycles. The molecule has 0 spiro atoms. The first-order valence-corrected chi connectivity index (χ1v) is 4.50. The minimum absolute atomic E-state index is 0.401. The van der Waals surface area contributed by atoms with Crippen molar-refractivity contribution in [3.63, 3.8) is 0 Å². The van der Waals surface area contributed by atoms with Gasteiger partial charge >= 0.3 is 0 Å². The average Bonchev–Trinajstić information content (AvgIpc) is 2.00. The number of hydrogen-bond donors (Lipinski definition) is 1. The van der Waals surface area contributed by atoms with Crippen molar-refractivity contribution in [3.8, 4) is 0 Å². The second-order valence-corrected chi connectivity index (χ2v) is 3.26. The lowest BCUT2D eigenvalue weighted by atomic mass is 10.2. The minimum Gasteiger partial charge on any atom is -0.319 e. The Morgan fingerprint density at radius 1 is 1.50 bits per heavy atom. The molecule has 0 aliphatic rings. The summed E-state index contributed by atoms with van der Waals surface area (Å²) < 4.78 is 0. The zero-order valence-electron chi connectivity index (χ0n) is 8.59. The van der Waals surface area contributed by atoms with Gasteiger partial charge in [-0.25, -0.2) is 0 Å². The normalized spacial score (nSPS) is 13.2. The summed E-state index contributed by atoms with van der Waals surface area (Å²) in [6, 6.07) is 0.401. The number of hydrogen-bond acceptors (Lipinski definition) is 2. The van der Waals surface area contributed by atoms with Gasteiger partial charge in [0.25, 0.3) is 0 Å². The van der Waals surface area contributed by atoms with Crippen LogP contribution < -0.4 is 5.32 Å². The Morgan fingerprint density at radius 3 is 2.67 bits per heavy atom. The molecule has 0 saturated heterocycles. The summed E-state index contributed by atoms with van der Waals surface area (Å²) in [5, 5.41) is 3.11. The predicted octanol–water partition coefficient (Wildman–Crippen LogP) is 2.02. The van der Waals surface area contributed by atoms with Gasteiger partial charge in [-0.1, -0.05) is 5.57 Å². The number of nitrogens with zero attached hydrogens (tertiary/aromatic N) is 1. The Bertz CT molecular complexity index is 157. The van der Waals surface area contributed by atoms with E-state index >= 15 is 0 Å². The molecule has 70 valence electrons. The van der Waals surface area contributed by atoms with Gasteiger partial charge in [-0.3, -0.25) is 4.99 Å². The van der Waals surface area contributed by atoms with E-state index in [4.69, 9.17) is 0 Å². The van der Waals surface area contributed by atoms with Crippen LogP contribution in [0.15, 0.2) is 16.6 Å². The quantitative estimate of drug-likeness (QED) is 0.624. The molecule has 0 aliphatic carbocycles. The van der Waals surface area contributed by atoms with Crippen LogP contribution in [0.1, 0.15) is 27.2 Å². The maximum Gasteiger partial charge on any atom is 0.0443 e. The van der Waals surface area contributed by atoms with Crippen LogP contribution in [-0.2, 0) is 0 Å². The zero-order valence-corrected chi connectivity index (χ0v) is 8.59. The van der Waals surface area contributed by atoms with Gasteiger partial charge in [0.2, 0.25) is 0 Å². The third kappa shape index (κ3) is 7.48. The Labute approximate surface area is 75.8 Å². The first-order chi connectivity index (χ1) is 5.66. The van der Waals surface area contributed by atoms with Gasteiger partial charge < -0.3 is 5.32 Å². The third-order valence-electron chi connectivity index (χ3n) is 1.51. The van der Waals surface area contributed by atoms with Crippen LogP contribution in [0.5, 0.6) is 0 Å². The van der Waals surface area contributed by atoms with Gasteiger partial charge in [-0.15, -0.1) is 0 Å². The lowest BCUT2D eigenvalue weighted by Crippen LogP contribution is -2.07. The van der Waals surface area contributed by atoms with Crippen LogP contribution >= 0.6 is 0 Å². The summed E-state index contributed by atoms with van der Waals surface area (Å²) in [4.78, 5) is 4.25. The molecule has 0 bridgehead atoms. The predicted molar refractivity (Wildman–Crippen MR) is 55.9 cm³/mol. The molecule has 0 heterocycles. The smallest absolute Gasteiger partial charge is 0.0443 e. The molecule has 0 aromatic rings. The molecule has 12 heavy (non-hydrogen) atoms. The van der Waals surface area contributed by atoms with Crippen molar-refractivity contribution in [1.82, 2.24) is 5.32 Å². The molecule has 0 rings (SSSR count). The number of rotatable bonds is 5. The van der Waals surface area contributed by atoms with Crippen LogP contribution in [-0.4, -0.2) is 25.8 Å². The van der Waals surface area contributed by atoms with Crippen molar-refractivity contribution in [1.29, 1.82) is 0 Å². The van der Waals surface area contributed by atoms with E-state index in [1.54, 1.807) is 0 Å². The van der Waals surface area contributed by atoms with E-state index in [0.29, 0.717) is 6.04 Å². The molecule has 0 radical (unpaired) electrons. The Kier molecular flexibility index (Phi) is 6.67. The molecule has 0 fully saturated rings. The summed E-state index contributed by atoms with van der Waals surface area (Å²) in [5.74, 6) is 0. The highest BCUT2D eigenvalue weighted by Crippen LogP contribution is 1.96. The molecule has 0 aromatic heterocycles. The fourth-order valence-electron chi connectivity index (χ4n) is 0.748. The SMILES string of the molecule is CNCC/C(C)=C/C=NC(C)C. The number of nitrogens with one attached hydrogen (secondary N) is 1. The molecule has 0 atom stereocenters. The number of allylic oxidation sites excluding steroid dienone is 1. The van der Waals surface area contributed by atoms with Gasteiger partial charge in [-0.05, 0) is 46.9 Å². The third-order valence-corrected chi connectivity index (χ3v) is 1.51. The minimum atomic E-state index is 0.401. The second-order valence-electron chi connectivity index (χ2n) is 3.26. The van der Waals surface area contributed by atoms with Crippen molar-refractivity contribution in [3.05, 3.63) is 11.6 Å². The Morgan fingerprint density at radius 2 is 2.17 bits per heavy atom. The van der Waals surface area contributed by atoms with Crippen LogP contribution in [0.3, 0.4) is 0 Å². The van der Waals surface area contributed by atoms with Gasteiger partial charge in [0.1, 0.15) is 0 Å². The van der Waals surface area contributed by atoms with E-state index in [1.807, 2.05) is 13.3 Å². The van der Waals surface area contributed by atoms with Gasteiger partial charge in [0.05, 0.1) is 0 Å². The molecule has 0 aliphatic heterocycles. The van der Waals surface area contributed by atoms with E-state index in [1.165, 1.54) is 5.57 Å². The summed E-state index contributed by atoms with van der Waals surface area (Å²) >= 11 is 0. The molecule has 0 aromatic carbocycles. The summed E-state index contributed by atoms with van der Waals surface area (Å²) in [6.07, 6.45) is 5.08. The van der Waals surface area contributed by atoms with Gasteiger partial charge in [0, 0.05) is 12.3 Å². The molecule has 2 heteroatoms. The summed E-state index contributed by atoms with van der Waals surface area (Å²) in [7, 11) is 1.97. The second kappa shape index (κ2) is 7.04. The highest BCUT2D eigenvalue weighted by Gasteiger charge is 1.86. The lowest BCUT2D eigenvalue weighted by Gasteiger charge is -1.98. The molecule has 2 nitrogen and oxygen atoms in total. The molecule has 1 N–H and O–H groups in total. The van der Waals surface area contributed by atoms with E-state index < -0.39 is 0 Å². The Hall–Kier alpha value is -0.630. The van der Waals surface area contributed by atoms with Gasteiger partial charge in [0.15, 0.2) is 0 Å². The van der Waals surface area contributed by atoms with Crippen LogP contribution in [0.4, 0.5) is 0 Å². The average molecular weight is 168 g/mol. The van der Waals surface area contributed by atoms with Crippen molar-refractivity contribution in [2.75, 3.05) is 13.6 Å². The van der Waals surface area contributed by atoms with Crippen molar-refractivity contribution in [2.45, 2.75) is 33.2 Å². The monoisotopic (exact) mass is 168 g/mol. The maximum absolute atomic E-state index is 4.25. The van der Waals surface area contributed by atoms with E-state index in [0.717, 1.165) is 13.0 Å². The summed E-state index contributed by atoms with van der Waals surface area (Å²) in [6.45, 7) is 7.32. The summed E-state index contributed by atoms with van der Waals surface area (Å²) in [5.41, 5.74) is 1.37. The standard InChI is InChI=1S/C10H20N2/c1-9(2)12-8-6-10(3)5-7-11-4/h6,8-9,11H,5,7H2,1-4H3/b10-6+,12-8?. The number of aliphatic imine (C=N–C) groups is 1. The topological polar surface area (TPSA) is 24.4 Å². The zero-order chi connectivity index (χ0) is 9.40. The van der Waals surface area contributed by atoms with E-state index in [9.17, 15) is 0 Å². The fraction of sp³-hybridized carbons (Fsp3) is 0.700. The van der Waals surface area contributed by atoms with Crippen molar-refractivity contribution >= 4 is 6.21 Å². The largest absolute Gasteiger partial charge is 0.319 e. The van der Waals surface area contributed by atoms with E-state index in [-0.39, 0.29) is 0 Å². The van der Waals surface area contributed by atoms with Crippen LogP contribution in [0, 0.1) is 0 Å². The highest BCUT2D eigenvalue weighted by molar-refractivity contribution is 5.72. The first kappa shape index (κ1) is 11.4. The van der Waals surface area contributed by atoms with Crippen molar-refractivity contribution in [2.24, 2.45) is 4.99 Å². The van der Waals surface area contributed by atoms with Crippen LogP contribution in [0.25, 0.3) is 0 Å². The fourth-order valence-corrected chi connectivity index (χ4v) is 0.748. The highest BCUT2D eigenvalue weighted by atomic mass is 14.8. The molecular formula is C10H20N2. The van der Waals surface area contributed by atoms with Gasteiger partial charge in [-0.2, -0.15) is 0 Å². The Balaban J connectivity index is 3.68. The van der Waals surface area contributed by atoms with E-state index in [2.05, 4.69) is 37.2 Å². The maximum atomic E-state index is 4.25. The first-order valence-electron chi connectivity index (χ1n) is 4.50. The molecule has 0 amide bonds. The molecular weight excluding hydrogens is 148 g/mol. The molecule has 0 unspecified atom stereocenters.